The summed E-state index contributed by atoms with van der Waals surface area (Å²) in [6.07, 6.45) is 2.68. The zero-order valence-electron chi connectivity index (χ0n) is 7.51. The first kappa shape index (κ1) is 7.60. The van der Waals surface area contributed by atoms with E-state index in [9.17, 15) is 0 Å². The summed E-state index contributed by atoms with van der Waals surface area (Å²) in [5, 5.41) is 0. The summed E-state index contributed by atoms with van der Waals surface area (Å²) in [7, 11) is 0. The molecule has 0 spiro atoms. The van der Waals surface area contributed by atoms with Crippen LogP contribution in [0.1, 0.15) is 24.0 Å². The average molecular weight is 158 g/mol. The molecule has 62 valence electrons. The molecular formula is C12H14. The van der Waals surface area contributed by atoms with Gasteiger partial charge in [-0.2, -0.15) is 0 Å². The molecule has 0 nitrogen and oxygen atoms in total. The van der Waals surface area contributed by atoms with Crippen molar-refractivity contribution in [1.29, 1.82) is 0 Å². The number of hydrogen-bond donors (Lipinski definition) is 0. The van der Waals surface area contributed by atoms with Crippen LogP contribution in [0.5, 0.6) is 0 Å². The lowest BCUT2D eigenvalue weighted by atomic mass is 10.0. The van der Waals surface area contributed by atoms with Crippen LogP contribution in [-0.2, 0) is 0 Å². The molecular weight excluding hydrogens is 144 g/mol. The van der Waals surface area contributed by atoms with Crippen molar-refractivity contribution in [3.63, 3.8) is 0 Å². The van der Waals surface area contributed by atoms with Gasteiger partial charge in [0.1, 0.15) is 0 Å². The molecule has 0 saturated heterocycles. The van der Waals surface area contributed by atoms with E-state index in [4.69, 9.17) is 0 Å². The highest BCUT2D eigenvalue weighted by molar-refractivity contribution is 5.67. The molecule has 0 aliphatic heterocycles. The molecule has 0 bridgehead atoms. The number of hydrogen-bond acceptors (Lipinski definition) is 0. The Hall–Kier alpha value is -1.04. The van der Waals surface area contributed by atoms with E-state index in [1.807, 2.05) is 0 Å². The van der Waals surface area contributed by atoms with Gasteiger partial charge in [-0.1, -0.05) is 36.4 Å². The summed E-state index contributed by atoms with van der Waals surface area (Å²) in [5.41, 5.74) is 3.99. The number of rotatable bonds is 2. The van der Waals surface area contributed by atoms with Gasteiger partial charge in [0, 0.05) is 0 Å². The monoisotopic (exact) mass is 158 g/mol. The van der Waals surface area contributed by atoms with Gasteiger partial charge in [-0.05, 0) is 36.8 Å². The van der Waals surface area contributed by atoms with Crippen molar-refractivity contribution in [2.45, 2.75) is 19.8 Å². The van der Waals surface area contributed by atoms with Crippen molar-refractivity contribution in [1.82, 2.24) is 0 Å². The molecule has 1 aliphatic rings. The van der Waals surface area contributed by atoms with E-state index in [0.717, 1.165) is 5.92 Å². The molecule has 0 atom stereocenters. The lowest BCUT2D eigenvalue weighted by Crippen LogP contribution is -1.84. The van der Waals surface area contributed by atoms with Crippen molar-refractivity contribution in [3.05, 3.63) is 42.0 Å². The van der Waals surface area contributed by atoms with Crippen LogP contribution >= 0.6 is 0 Å². The minimum atomic E-state index is 0.784. The summed E-state index contributed by atoms with van der Waals surface area (Å²) in [5.74, 6) is 0.784. The summed E-state index contributed by atoms with van der Waals surface area (Å²) in [4.78, 5) is 0. The molecule has 0 N–H and O–H groups in total. The lowest BCUT2D eigenvalue weighted by Gasteiger charge is -2.03. The van der Waals surface area contributed by atoms with Gasteiger partial charge < -0.3 is 0 Å². The van der Waals surface area contributed by atoms with Gasteiger partial charge in [-0.3, -0.25) is 0 Å². The second-order valence-corrected chi connectivity index (χ2v) is 3.67. The van der Waals surface area contributed by atoms with Gasteiger partial charge in [0.2, 0.25) is 0 Å². The van der Waals surface area contributed by atoms with Crippen LogP contribution in [0.25, 0.3) is 5.57 Å². The van der Waals surface area contributed by atoms with Crippen LogP contribution in [0.2, 0.25) is 0 Å². The number of aryl methyl sites for hydroxylation is 1. The Morgan fingerprint density at radius 3 is 2.75 bits per heavy atom. The third-order valence-electron chi connectivity index (χ3n) is 2.46. The lowest BCUT2D eigenvalue weighted by molar-refractivity contribution is 1.15. The van der Waals surface area contributed by atoms with Crippen molar-refractivity contribution in [2.24, 2.45) is 5.92 Å². The van der Waals surface area contributed by atoms with Crippen LogP contribution in [0.15, 0.2) is 30.8 Å². The Kier molecular flexibility index (Phi) is 1.76. The van der Waals surface area contributed by atoms with E-state index in [0.29, 0.717) is 0 Å². The van der Waals surface area contributed by atoms with Crippen LogP contribution in [0.4, 0.5) is 0 Å². The van der Waals surface area contributed by atoms with Crippen molar-refractivity contribution in [3.8, 4) is 0 Å². The van der Waals surface area contributed by atoms with Gasteiger partial charge in [0.25, 0.3) is 0 Å². The van der Waals surface area contributed by atoms with E-state index >= 15 is 0 Å². The normalized spacial score (nSPS) is 16.1. The third kappa shape index (κ3) is 1.42. The Morgan fingerprint density at radius 2 is 2.17 bits per heavy atom. The highest BCUT2D eigenvalue weighted by atomic mass is 14.3. The smallest absolute Gasteiger partial charge is 0.0161 e. The average Bonchev–Trinajstić information content (AvgIpc) is 2.85. The fourth-order valence-corrected chi connectivity index (χ4v) is 1.51. The van der Waals surface area contributed by atoms with Gasteiger partial charge in [-0.25, -0.2) is 0 Å². The van der Waals surface area contributed by atoms with Crippen molar-refractivity contribution < 1.29 is 0 Å². The topological polar surface area (TPSA) is 0 Å². The molecule has 1 aliphatic carbocycles. The van der Waals surface area contributed by atoms with Gasteiger partial charge in [0.05, 0.1) is 0 Å². The molecule has 0 amide bonds. The summed E-state index contributed by atoms with van der Waals surface area (Å²) >= 11 is 0. The maximum Gasteiger partial charge on any atom is -0.0161 e. The second-order valence-electron chi connectivity index (χ2n) is 3.67. The fourth-order valence-electron chi connectivity index (χ4n) is 1.51. The zero-order chi connectivity index (χ0) is 8.55. The first-order chi connectivity index (χ1) is 5.77. The summed E-state index contributed by atoms with van der Waals surface area (Å²) in [6.45, 7) is 6.26. The summed E-state index contributed by atoms with van der Waals surface area (Å²) in [6, 6.07) is 8.62. The third-order valence-corrected chi connectivity index (χ3v) is 2.46. The number of allylic oxidation sites excluding steroid dienone is 1. The molecule has 0 radical (unpaired) electrons. The maximum atomic E-state index is 4.13. The fraction of sp³-hybridized carbons (Fsp3) is 0.333. The predicted octanol–water partition coefficient (Wildman–Crippen LogP) is 3.42. The zero-order valence-corrected chi connectivity index (χ0v) is 7.51. The summed E-state index contributed by atoms with van der Waals surface area (Å²) < 4.78 is 0. The Morgan fingerprint density at radius 1 is 1.42 bits per heavy atom. The van der Waals surface area contributed by atoms with E-state index in [-0.39, 0.29) is 0 Å². The molecule has 1 aromatic carbocycles. The Bertz CT molecular complexity index is 306. The second kappa shape index (κ2) is 2.78. The van der Waals surface area contributed by atoms with Crippen LogP contribution in [0, 0.1) is 12.8 Å². The molecule has 1 saturated carbocycles. The first-order valence-electron chi connectivity index (χ1n) is 4.53. The highest BCUT2D eigenvalue weighted by Gasteiger charge is 2.24. The molecule has 12 heavy (non-hydrogen) atoms. The van der Waals surface area contributed by atoms with E-state index in [2.05, 4.69) is 37.8 Å². The van der Waals surface area contributed by atoms with Crippen molar-refractivity contribution >= 4 is 5.57 Å². The van der Waals surface area contributed by atoms with Gasteiger partial charge in [0.15, 0.2) is 0 Å². The van der Waals surface area contributed by atoms with Crippen LogP contribution in [-0.4, -0.2) is 0 Å². The molecule has 0 aromatic heterocycles. The molecule has 1 fully saturated rings. The Labute approximate surface area is 73.9 Å². The minimum absolute atomic E-state index is 0.784. The first-order valence-corrected chi connectivity index (χ1v) is 4.53. The van der Waals surface area contributed by atoms with Gasteiger partial charge >= 0.3 is 0 Å². The van der Waals surface area contributed by atoms with Crippen molar-refractivity contribution in [2.75, 3.05) is 0 Å². The molecule has 0 heteroatoms. The minimum Gasteiger partial charge on any atom is -0.0950 e. The Balaban J connectivity index is 2.26. The van der Waals surface area contributed by atoms with E-state index in [1.165, 1.54) is 29.5 Å². The molecule has 1 aromatic rings. The quantitative estimate of drug-likeness (QED) is 0.618. The largest absolute Gasteiger partial charge is 0.0950 e. The molecule has 0 heterocycles. The molecule has 2 rings (SSSR count). The number of benzene rings is 1. The van der Waals surface area contributed by atoms with E-state index < -0.39 is 0 Å². The SMILES string of the molecule is C=C(c1cccc(C)c1)C1CC1. The maximum absolute atomic E-state index is 4.13. The standard InChI is InChI=1S/C12H14/c1-9-4-3-5-12(8-9)10(2)11-6-7-11/h3-5,8,11H,2,6-7H2,1H3. The predicted molar refractivity (Wildman–Crippen MR) is 52.9 cm³/mol. The van der Waals surface area contributed by atoms with E-state index in [1.54, 1.807) is 0 Å². The molecule has 0 unspecified atom stereocenters. The van der Waals surface area contributed by atoms with Crippen LogP contribution < -0.4 is 0 Å². The van der Waals surface area contributed by atoms with Gasteiger partial charge in [-0.15, -0.1) is 0 Å². The highest BCUT2D eigenvalue weighted by Crippen LogP contribution is 2.40. The van der Waals surface area contributed by atoms with Crippen LogP contribution in [0.3, 0.4) is 0 Å².